The first kappa shape index (κ1) is 22.2. The van der Waals surface area contributed by atoms with E-state index in [0.717, 1.165) is 55.3 Å². The van der Waals surface area contributed by atoms with Crippen molar-refractivity contribution in [1.82, 2.24) is 0 Å². The molecule has 3 rings (SSSR count). The number of carbonyl (C=O) groups is 1. The van der Waals surface area contributed by atoms with Crippen LogP contribution in [0.4, 0.5) is 0 Å². The Balaban J connectivity index is 1.40. The molecule has 0 saturated heterocycles. The summed E-state index contributed by atoms with van der Waals surface area (Å²) in [6, 6.07) is 0. The molecule has 162 valence electrons. The Hall–Kier alpha value is -0.530. The molecule has 0 aromatic heterocycles. The minimum Gasteiger partial charge on any atom is -0.462 e. The van der Waals surface area contributed by atoms with E-state index >= 15 is 0 Å². The standard InChI is InChI=1S/C26H46O2/c1-3-5-7-9-10-20-12-16-24-21(18-20)13-14-22-19-23(15-17-25(22)24)28-26(27)11-8-6-4-2/h20-25H,3-19H2,1-2H3/t20-,21?,22?,23-,24?,25?/m1/s1. The number of fused-ring (bicyclic) bond motifs is 3. The van der Waals surface area contributed by atoms with Crippen LogP contribution < -0.4 is 0 Å². The zero-order chi connectivity index (χ0) is 19.8. The van der Waals surface area contributed by atoms with E-state index < -0.39 is 0 Å². The summed E-state index contributed by atoms with van der Waals surface area (Å²) in [5.41, 5.74) is 0. The number of ether oxygens (including phenoxy) is 1. The maximum atomic E-state index is 12.1. The summed E-state index contributed by atoms with van der Waals surface area (Å²) < 4.78 is 5.87. The average Bonchev–Trinajstić information content (AvgIpc) is 2.71. The van der Waals surface area contributed by atoms with Gasteiger partial charge in [0.2, 0.25) is 0 Å². The van der Waals surface area contributed by atoms with Crippen molar-refractivity contribution in [2.24, 2.45) is 29.6 Å². The zero-order valence-electron chi connectivity index (χ0n) is 18.8. The summed E-state index contributed by atoms with van der Waals surface area (Å²) in [5.74, 6) is 4.87. The van der Waals surface area contributed by atoms with Crippen molar-refractivity contribution in [1.29, 1.82) is 0 Å². The Morgan fingerprint density at radius 1 is 0.750 bits per heavy atom. The van der Waals surface area contributed by atoms with Crippen molar-refractivity contribution in [3.05, 3.63) is 0 Å². The van der Waals surface area contributed by atoms with Crippen molar-refractivity contribution in [2.45, 2.75) is 129 Å². The van der Waals surface area contributed by atoms with Crippen LogP contribution in [-0.2, 0) is 9.53 Å². The van der Waals surface area contributed by atoms with E-state index in [4.69, 9.17) is 4.74 Å². The second-order valence-electron chi connectivity index (χ2n) is 10.3. The largest absolute Gasteiger partial charge is 0.462 e. The highest BCUT2D eigenvalue weighted by atomic mass is 16.5. The average molecular weight is 391 g/mol. The fourth-order valence-electron chi connectivity index (χ4n) is 6.84. The van der Waals surface area contributed by atoms with Gasteiger partial charge in [0.25, 0.3) is 0 Å². The molecule has 4 unspecified atom stereocenters. The van der Waals surface area contributed by atoms with E-state index in [2.05, 4.69) is 13.8 Å². The Morgan fingerprint density at radius 3 is 2.18 bits per heavy atom. The minimum absolute atomic E-state index is 0.0640. The normalized spacial score (nSPS) is 35.1. The highest BCUT2D eigenvalue weighted by Crippen LogP contribution is 2.53. The smallest absolute Gasteiger partial charge is 0.306 e. The van der Waals surface area contributed by atoms with E-state index in [-0.39, 0.29) is 12.1 Å². The predicted octanol–water partition coefficient (Wildman–Crippen LogP) is 7.69. The molecule has 3 saturated carbocycles. The Labute approximate surface area is 174 Å². The van der Waals surface area contributed by atoms with Crippen LogP contribution in [0.15, 0.2) is 0 Å². The molecule has 0 aromatic carbocycles. The van der Waals surface area contributed by atoms with E-state index in [1.807, 2.05) is 0 Å². The number of unbranched alkanes of at least 4 members (excludes halogenated alkanes) is 5. The topological polar surface area (TPSA) is 26.3 Å². The van der Waals surface area contributed by atoms with Crippen molar-refractivity contribution in [3.8, 4) is 0 Å². The lowest BCUT2D eigenvalue weighted by Crippen LogP contribution is -2.43. The van der Waals surface area contributed by atoms with E-state index in [9.17, 15) is 4.79 Å². The monoisotopic (exact) mass is 390 g/mol. The summed E-state index contributed by atoms with van der Waals surface area (Å²) in [6.07, 6.45) is 22.3. The second-order valence-corrected chi connectivity index (χ2v) is 10.3. The van der Waals surface area contributed by atoms with Crippen LogP contribution in [0.1, 0.15) is 123 Å². The molecule has 0 amide bonds. The summed E-state index contributed by atoms with van der Waals surface area (Å²) >= 11 is 0. The lowest BCUT2D eigenvalue weighted by Gasteiger charge is -2.50. The van der Waals surface area contributed by atoms with Crippen LogP contribution in [-0.4, -0.2) is 12.1 Å². The van der Waals surface area contributed by atoms with E-state index in [0.29, 0.717) is 6.42 Å². The van der Waals surface area contributed by atoms with Gasteiger partial charge in [-0.25, -0.2) is 0 Å². The van der Waals surface area contributed by atoms with Crippen LogP contribution in [0.2, 0.25) is 0 Å². The third-order valence-corrected chi connectivity index (χ3v) is 8.35. The summed E-state index contributed by atoms with van der Waals surface area (Å²) in [7, 11) is 0. The highest BCUT2D eigenvalue weighted by molar-refractivity contribution is 5.69. The van der Waals surface area contributed by atoms with Crippen LogP contribution >= 0.6 is 0 Å². The molecule has 0 spiro atoms. The summed E-state index contributed by atoms with van der Waals surface area (Å²) in [5, 5.41) is 0. The number of carbonyl (C=O) groups excluding carboxylic acids is 1. The molecular formula is C26H46O2. The molecule has 6 atom stereocenters. The van der Waals surface area contributed by atoms with Crippen LogP contribution in [0.3, 0.4) is 0 Å². The molecule has 0 radical (unpaired) electrons. The number of rotatable bonds is 10. The highest BCUT2D eigenvalue weighted by Gasteiger charge is 2.44. The molecule has 3 fully saturated rings. The van der Waals surface area contributed by atoms with Crippen molar-refractivity contribution >= 4 is 5.97 Å². The molecule has 0 aliphatic heterocycles. The summed E-state index contributed by atoms with van der Waals surface area (Å²) in [6.45, 7) is 4.49. The van der Waals surface area contributed by atoms with Crippen molar-refractivity contribution < 1.29 is 9.53 Å². The van der Waals surface area contributed by atoms with Gasteiger partial charge in [0.05, 0.1) is 0 Å². The molecule has 0 bridgehead atoms. The molecule has 28 heavy (non-hydrogen) atoms. The Morgan fingerprint density at radius 2 is 1.43 bits per heavy atom. The molecule has 0 aromatic rings. The second kappa shape index (κ2) is 11.6. The van der Waals surface area contributed by atoms with Gasteiger partial charge >= 0.3 is 5.97 Å². The molecule has 3 aliphatic rings. The van der Waals surface area contributed by atoms with Gasteiger partial charge in [-0.3, -0.25) is 4.79 Å². The van der Waals surface area contributed by atoms with Gasteiger partial charge in [-0.05, 0) is 81.0 Å². The van der Waals surface area contributed by atoms with Crippen LogP contribution in [0.25, 0.3) is 0 Å². The van der Waals surface area contributed by atoms with E-state index in [1.54, 1.807) is 0 Å². The number of esters is 1. The lowest BCUT2D eigenvalue weighted by atomic mass is 9.56. The van der Waals surface area contributed by atoms with Gasteiger partial charge in [-0.15, -0.1) is 0 Å². The Kier molecular flexibility index (Phi) is 9.18. The predicted molar refractivity (Wildman–Crippen MR) is 117 cm³/mol. The first-order valence-electron chi connectivity index (χ1n) is 12.9. The van der Waals surface area contributed by atoms with Crippen molar-refractivity contribution in [2.75, 3.05) is 0 Å². The quantitative estimate of drug-likeness (QED) is 0.282. The third-order valence-electron chi connectivity index (χ3n) is 8.35. The lowest BCUT2D eigenvalue weighted by molar-refractivity contribution is -0.153. The van der Waals surface area contributed by atoms with E-state index in [1.165, 1.54) is 77.0 Å². The maximum Gasteiger partial charge on any atom is 0.306 e. The third kappa shape index (κ3) is 6.23. The van der Waals surface area contributed by atoms with Crippen LogP contribution in [0.5, 0.6) is 0 Å². The van der Waals surface area contributed by atoms with Crippen LogP contribution in [0, 0.1) is 29.6 Å². The van der Waals surface area contributed by atoms with Gasteiger partial charge in [0.15, 0.2) is 0 Å². The molecule has 0 heterocycles. The van der Waals surface area contributed by atoms with Crippen molar-refractivity contribution in [3.63, 3.8) is 0 Å². The summed E-state index contributed by atoms with van der Waals surface area (Å²) in [4.78, 5) is 12.1. The number of hydrogen-bond donors (Lipinski definition) is 0. The van der Waals surface area contributed by atoms with Gasteiger partial charge in [0.1, 0.15) is 6.10 Å². The first-order chi connectivity index (χ1) is 13.7. The number of hydrogen-bond acceptors (Lipinski definition) is 2. The van der Waals surface area contributed by atoms with Gasteiger partial charge in [-0.1, -0.05) is 65.2 Å². The van der Waals surface area contributed by atoms with Gasteiger partial charge in [-0.2, -0.15) is 0 Å². The zero-order valence-corrected chi connectivity index (χ0v) is 18.8. The fourth-order valence-corrected chi connectivity index (χ4v) is 6.84. The molecule has 2 heteroatoms. The Bertz CT molecular complexity index is 459. The van der Waals surface area contributed by atoms with Gasteiger partial charge in [0, 0.05) is 6.42 Å². The first-order valence-corrected chi connectivity index (χ1v) is 12.9. The minimum atomic E-state index is 0.0640. The van der Waals surface area contributed by atoms with Gasteiger partial charge < -0.3 is 4.74 Å². The fraction of sp³-hybridized carbons (Fsp3) is 0.962. The molecular weight excluding hydrogens is 344 g/mol. The maximum absolute atomic E-state index is 12.1. The molecule has 3 aliphatic carbocycles. The SMILES string of the molecule is CCCCCC[C@@H]1CCC2C(CCC3C[C@H](OC(=O)CCCCC)CCC32)C1. The molecule has 2 nitrogen and oxygen atoms in total. The molecule has 0 N–H and O–H groups in total.